The van der Waals surface area contributed by atoms with E-state index in [1.54, 1.807) is 6.20 Å². The van der Waals surface area contributed by atoms with Gasteiger partial charge in [-0.1, -0.05) is 11.3 Å². The van der Waals surface area contributed by atoms with Gasteiger partial charge in [0.15, 0.2) is 15.0 Å². The second-order valence-electron chi connectivity index (χ2n) is 2.45. The Morgan fingerprint density at radius 3 is 2.67 bits per heavy atom. The maximum absolute atomic E-state index is 4.09. The first kappa shape index (κ1) is 8.95. The topological polar surface area (TPSA) is 77.3 Å². The van der Waals surface area contributed by atoms with Crippen molar-refractivity contribution in [3.8, 4) is 20.7 Å². The molecule has 0 saturated heterocycles. The van der Waals surface area contributed by atoms with Gasteiger partial charge >= 0.3 is 0 Å². The summed E-state index contributed by atoms with van der Waals surface area (Å²) in [6.07, 6.45) is 3.18. The summed E-state index contributed by atoms with van der Waals surface area (Å²) in [7, 11) is 0. The second-order valence-corrected chi connectivity index (χ2v) is 4.77. The van der Waals surface area contributed by atoms with Crippen LogP contribution in [0.15, 0.2) is 12.5 Å². The fourth-order valence-corrected chi connectivity index (χ4v) is 2.75. The van der Waals surface area contributed by atoms with Gasteiger partial charge in [-0.05, 0) is 11.5 Å². The molecule has 0 aromatic carbocycles. The SMILES string of the molecule is c1nsc(-c2nnc(-c3cnsn3)s2)n1. The standard InChI is InChI=1S/C6H2N6S3/c1-3(12-15-8-1)4-10-11-6(13-4)5-7-2-9-14-5/h1-2H. The van der Waals surface area contributed by atoms with Gasteiger partial charge in [0.25, 0.3) is 0 Å². The van der Waals surface area contributed by atoms with Crippen LogP contribution < -0.4 is 0 Å². The van der Waals surface area contributed by atoms with Crippen LogP contribution in [0.4, 0.5) is 0 Å². The van der Waals surface area contributed by atoms with Crippen LogP contribution >= 0.6 is 34.6 Å². The second kappa shape index (κ2) is 3.68. The summed E-state index contributed by atoms with van der Waals surface area (Å²) in [6.45, 7) is 0. The number of rotatable bonds is 2. The van der Waals surface area contributed by atoms with Gasteiger partial charge in [-0.15, -0.1) is 10.2 Å². The highest BCUT2D eigenvalue weighted by Crippen LogP contribution is 2.28. The summed E-state index contributed by atoms with van der Waals surface area (Å²) in [4.78, 5) is 4.06. The lowest BCUT2D eigenvalue weighted by Crippen LogP contribution is -1.75. The predicted octanol–water partition coefficient (Wildman–Crippen LogP) is 1.58. The molecule has 0 atom stereocenters. The Hall–Kier alpha value is -1.32. The number of hydrogen-bond donors (Lipinski definition) is 0. The van der Waals surface area contributed by atoms with Gasteiger partial charge in [0.05, 0.1) is 17.9 Å². The Balaban J connectivity index is 2.02. The molecule has 0 radical (unpaired) electrons. The van der Waals surface area contributed by atoms with Crippen LogP contribution in [0.1, 0.15) is 0 Å². The van der Waals surface area contributed by atoms with Crippen molar-refractivity contribution in [2.24, 2.45) is 0 Å². The largest absolute Gasteiger partial charge is 0.220 e. The zero-order valence-electron chi connectivity index (χ0n) is 7.06. The molecular formula is C6H2N6S3. The van der Waals surface area contributed by atoms with Crippen LogP contribution in [0, 0.1) is 0 Å². The van der Waals surface area contributed by atoms with E-state index >= 15 is 0 Å². The number of hydrogen-bond acceptors (Lipinski definition) is 9. The average Bonchev–Trinajstić information content (AvgIpc) is 3.02. The minimum Gasteiger partial charge on any atom is -0.220 e. The van der Waals surface area contributed by atoms with Crippen LogP contribution in [0.2, 0.25) is 0 Å². The quantitative estimate of drug-likeness (QED) is 0.691. The molecule has 0 N–H and O–H groups in total. The highest BCUT2D eigenvalue weighted by molar-refractivity contribution is 7.21. The Morgan fingerprint density at radius 1 is 1.00 bits per heavy atom. The molecule has 0 fully saturated rings. The molecule has 3 rings (SSSR count). The Kier molecular flexibility index (Phi) is 2.19. The Bertz CT molecular complexity index is 492. The van der Waals surface area contributed by atoms with Gasteiger partial charge < -0.3 is 0 Å². The van der Waals surface area contributed by atoms with Crippen LogP contribution in [-0.4, -0.2) is 28.3 Å². The van der Waals surface area contributed by atoms with E-state index in [4.69, 9.17) is 0 Å². The summed E-state index contributed by atoms with van der Waals surface area (Å²) in [5.41, 5.74) is 0.758. The van der Waals surface area contributed by atoms with Crippen molar-refractivity contribution in [1.29, 1.82) is 0 Å². The van der Waals surface area contributed by atoms with Gasteiger partial charge in [0, 0.05) is 0 Å². The first-order valence-corrected chi connectivity index (χ1v) is 6.14. The third-order valence-electron chi connectivity index (χ3n) is 1.55. The van der Waals surface area contributed by atoms with Crippen molar-refractivity contribution in [2.45, 2.75) is 0 Å². The third kappa shape index (κ3) is 1.64. The molecule has 9 heteroatoms. The fourth-order valence-electron chi connectivity index (χ4n) is 0.939. The number of aromatic nitrogens is 6. The van der Waals surface area contributed by atoms with Gasteiger partial charge in [0.2, 0.25) is 0 Å². The highest BCUT2D eigenvalue weighted by atomic mass is 32.1. The van der Waals surface area contributed by atoms with Crippen molar-refractivity contribution in [2.75, 3.05) is 0 Å². The minimum atomic E-state index is 0.758. The zero-order valence-corrected chi connectivity index (χ0v) is 9.51. The summed E-state index contributed by atoms with van der Waals surface area (Å²) in [5.74, 6) is 0. The monoisotopic (exact) mass is 254 g/mol. The molecule has 0 aliphatic carbocycles. The third-order valence-corrected chi connectivity index (χ3v) is 3.78. The Labute approximate surface area is 96.2 Å². The van der Waals surface area contributed by atoms with Crippen LogP contribution in [0.5, 0.6) is 0 Å². The molecule has 0 saturated carbocycles. The van der Waals surface area contributed by atoms with Gasteiger partial charge in [-0.25, -0.2) is 4.98 Å². The molecule has 0 bridgehead atoms. The van der Waals surface area contributed by atoms with E-state index in [0.29, 0.717) is 0 Å². The first-order valence-electron chi connectivity index (χ1n) is 3.82. The van der Waals surface area contributed by atoms with E-state index in [2.05, 4.69) is 28.3 Å². The first-order chi connectivity index (χ1) is 7.43. The minimum absolute atomic E-state index is 0.758. The summed E-state index contributed by atoms with van der Waals surface area (Å²) in [6, 6.07) is 0. The van der Waals surface area contributed by atoms with Crippen molar-refractivity contribution in [3.63, 3.8) is 0 Å². The van der Waals surface area contributed by atoms with Crippen molar-refractivity contribution in [1.82, 2.24) is 28.3 Å². The lowest BCUT2D eigenvalue weighted by Gasteiger charge is -1.81. The summed E-state index contributed by atoms with van der Waals surface area (Å²) < 4.78 is 11.9. The van der Waals surface area contributed by atoms with Gasteiger partial charge in [-0.3, -0.25) is 0 Å². The van der Waals surface area contributed by atoms with E-state index in [1.165, 1.54) is 29.2 Å². The summed E-state index contributed by atoms with van der Waals surface area (Å²) >= 11 is 3.89. The highest BCUT2D eigenvalue weighted by Gasteiger charge is 2.12. The molecule has 0 unspecified atom stereocenters. The van der Waals surface area contributed by atoms with E-state index in [-0.39, 0.29) is 0 Å². The average molecular weight is 254 g/mol. The molecule has 3 aromatic heterocycles. The summed E-state index contributed by atoms with van der Waals surface area (Å²) in [5, 5.41) is 10.4. The molecule has 0 aliphatic heterocycles. The molecule has 3 aromatic rings. The van der Waals surface area contributed by atoms with Crippen molar-refractivity contribution in [3.05, 3.63) is 12.5 Å². The van der Waals surface area contributed by atoms with Crippen LogP contribution in [0.3, 0.4) is 0 Å². The Morgan fingerprint density at radius 2 is 1.93 bits per heavy atom. The molecule has 15 heavy (non-hydrogen) atoms. The van der Waals surface area contributed by atoms with E-state index in [0.717, 1.165) is 32.4 Å². The number of nitrogens with zero attached hydrogens (tertiary/aromatic N) is 6. The molecule has 0 aliphatic rings. The van der Waals surface area contributed by atoms with Gasteiger partial charge in [-0.2, -0.15) is 13.1 Å². The van der Waals surface area contributed by atoms with Crippen molar-refractivity contribution < 1.29 is 0 Å². The van der Waals surface area contributed by atoms with E-state index in [9.17, 15) is 0 Å². The fraction of sp³-hybridized carbons (Fsp3) is 0. The van der Waals surface area contributed by atoms with Crippen molar-refractivity contribution >= 4 is 34.6 Å². The van der Waals surface area contributed by atoms with E-state index in [1.807, 2.05) is 0 Å². The zero-order chi connectivity index (χ0) is 10.1. The molecule has 3 heterocycles. The molecule has 74 valence electrons. The molecule has 0 spiro atoms. The smallest absolute Gasteiger partial charge is 0.178 e. The molecule has 6 nitrogen and oxygen atoms in total. The maximum atomic E-state index is 4.09. The predicted molar refractivity (Wildman–Crippen MR) is 57.7 cm³/mol. The van der Waals surface area contributed by atoms with Crippen LogP contribution in [0.25, 0.3) is 20.7 Å². The lowest BCUT2D eigenvalue weighted by molar-refractivity contribution is 1.09. The normalized spacial score (nSPS) is 10.7. The lowest BCUT2D eigenvalue weighted by atomic mass is 10.5. The molecule has 0 amide bonds. The maximum Gasteiger partial charge on any atom is 0.178 e. The van der Waals surface area contributed by atoms with Crippen LogP contribution in [-0.2, 0) is 0 Å². The molecular weight excluding hydrogens is 252 g/mol. The van der Waals surface area contributed by atoms with Gasteiger partial charge in [0.1, 0.15) is 12.0 Å². The van der Waals surface area contributed by atoms with E-state index < -0.39 is 0 Å².